The lowest BCUT2D eigenvalue weighted by Crippen LogP contribution is -2.40. The molecule has 41 heavy (non-hydrogen) atoms. The van der Waals surface area contributed by atoms with E-state index in [0.717, 1.165) is 17.4 Å². The number of methoxy groups -OCH3 is 1. The molecule has 4 aromatic rings. The van der Waals surface area contributed by atoms with Gasteiger partial charge in [-0.1, -0.05) is 52.7 Å². The molecule has 0 saturated carbocycles. The number of nitro benzene ring substituents is 1. The molecule has 2 aromatic carbocycles. The van der Waals surface area contributed by atoms with E-state index in [4.69, 9.17) is 37.1 Å². The van der Waals surface area contributed by atoms with Crippen LogP contribution in [0.1, 0.15) is 31.2 Å². The molecule has 2 aromatic heterocycles. The summed E-state index contributed by atoms with van der Waals surface area (Å²) in [6, 6.07) is 12.1. The first-order valence-corrected chi connectivity index (χ1v) is 13.8. The number of esters is 1. The fourth-order valence-electron chi connectivity index (χ4n) is 4.55. The minimum Gasteiger partial charge on any atom is -0.496 e. The zero-order valence-electron chi connectivity index (χ0n) is 21.8. The zero-order chi connectivity index (χ0) is 29.4. The van der Waals surface area contributed by atoms with E-state index in [1.165, 1.54) is 17.7 Å². The maximum Gasteiger partial charge on any atom is 0.338 e. The van der Waals surface area contributed by atoms with Crippen LogP contribution in [-0.2, 0) is 9.53 Å². The molecule has 13 heteroatoms. The zero-order valence-corrected chi connectivity index (χ0v) is 24.2. The van der Waals surface area contributed by atoms with Gasteiger partial charge in [0.05, 0.1) is 39.5 Å². The highest BCUT2D eigenvalue weighted by molar-refractivity contribution is 7.07. The van der Waals surface area contributed by atoms with Crippen molar-refractivity contribution in [1.82, 2.24) is 4.57 Å². The number of benzene rings is 2. The summed E-state index contributed by atoms with van der Waals surface area (Å²) < 4.78 is 18.6. The minimum atomic E-state index is -0.836. The van der Waals surface area contributed by atoms with Crippen LogP contribution in [-0.4, -0.2) is 29.2 Å². The lowest BCUT2D eigenvalue weighted by molar-refractivity contribution is -0.384. The molecule has 1 atom stereocenters. The molecule has 1 unspecified atom stereocenters. The molecule has 10 nitrogen and oxygen atoms in total. The molecule has 1 aliphatic rings. The summed E-state index contributed by atoms with van der Waals surface area (Å²) >= 11 is 13.5. The normalized spacial score (nSPS) is 15.0. The second-order valence-electron chi connectivity index (χ2n) is 8.79. The predicted molar refractivity (Wildman–Crippen MR) is 154 cm³/mol. The van der Waals surface area contributed by atoms with Crippen LogP contribution < -0.4 is 19.6 Å². The Balaban J connectivity index is 1.64. The van der Waals surface area contributed by atoms with Gasteiger partial charge in [-0.05, 0) is 38.1 Å². The maximum absolute atomic E-state index is 13.8. The molecule has 0 saturated heterocycles. The number of para-hydroxylation sites is 1. The number of nitro groups is 1. The molecule has 5 rings (SSSR count). The first-order chi connectivity index (χ1) is 19.6. The van der Waals surface area contributed by atoms with Crippen molar-refractivity contribution >= 4 is 52.3 Å². The van der Waals surface area contributed by atoms with Crippen molar-refractivity contribution < 1.29 is 23.6 Å². The number of carbonyl (C=O) groups excluding carboxylic acids is 1. The van der Waals surface area contributed by atoms with Gasteiger partial charge < -0.3 is 13.9 Å². The molecule has 0 spiro atoms. The smallest absolute Gasteiger partial charge is 0.338 e. The number of aromatic nitrogens is 1. The van der Waals surface area contributed by atoms with E-state index in [1.54, 1.807) is 56.3 Å². The Morgan fingerprint density at radius 2 is 1.98 bits per heavy atom. The Bertz CT molecular complexity index is 1920. The van der Waals surface area contributed by atoms with Gasteiger partial charge in [-0.3, -0.25) is 19.5 Å². The van der Waals surface area contributed by atoms with E-state index in [-0.39, 0.29) is 27.9 Å². The van der Waals surface area contributed by atoms with Crippen molar-refractivity contribution in [2.45, 2.75) is 19.9 Å². The summed E-state index contributed by atoms with van der Waals surface area (Å²) in [6.07, 6.45) is 1.55. The van der Waals surface area contributed by atoms with Crippen LogP contribution in [0.5, 0.6) is 5.75 Å². The quantitative estimate of drug-likeness (QED) is 0.158. The first-order valence-electron chi connectivity index (χ1n) is 12.2. The van der Waals surface area contributed by atoms with E-state index in [0.29, 0.717) is 43.4 Å². The van der Waals surface area contributed by atoms with Gasteiger partial charge in [0, 0.05) is 23.3 Å². The van der Waals surface area contributed by atoms with Crippen LogP contribution in [0.15, 0.2) is 74.0 Å². The van der Waals surface area contributed by atoms with E-state index >= 15 is 0 Å². The number of allylic oxidation sites excluding steroid dienone is 1. The number of hydrogen-bond acceptors (Lipinski definition) is 9. The van der Waals surface area contributed by atoms with Crippen LogP contribution in [0, 0.1) is 10.1 Å². The van der Waals surface area contributed by atoms with Gasteiger partial charge in [0.15, 0.2) is 4.80 Å². The van der Waals surface area contributed by atoms with Crippen LogP contribution >= 0.6 is 34.5 Å². The number of ether oxygens (including phenoxy) is 2. The van der Waals surface area contributed by atoms with Crippen molar-refractivity contribution in [1.29, 1.82) is 0 Å². The van der Waals surface area contributed by atoms with Crippen molar-refractivity contribution in [2.24, 2.45) is 4.99 Å². The van der Waals surface area contributed by atoms with E-state index in [9.17, 15) is 19.7 Å². The number of halogens is 2. The Hall–Kier alpha value is -4.19. The highest BCUT2D eigenvalue weighted by atomic mass is 35.5. The summed E-state index contributed by atoms with van der Waals surface area (Å²) in [5, 5.41) is 11.2. The number of carbonyl (C=O) groups is 1. The second kappa shape index (κ2) is 11.4. The van der Waals surface area contributed by atoms with Crippen molar-refractivity contribution in [3.05, 3.63) is 111 Å². The molecule has 0 fully saturated rings. The molecule has 0 N–H and O–H groups in total. The van der Waals surface area contributed by atoms with Crippen molar-refractivity contribution in [3.8, 4) is 17.1 Å². The van der Waals surface area contributed by atoms with Crippen molar-refractivity contribution in [2.75, 3.05) is 13.7 Å². The Morgan fingerprint density at radius 1 is 1.22 bits per heavy atom. The molecule has 3 heterocycles. The third-order valence-corrected chi connectivity index (χ3v) is 7.95. The molecule has 0 amide bonds. The van der Waals surface area contributed by atoms with Gasteiger partial charge in [0.25, 0.3) is 11.2 Å². The second-order valence-corrected chi connectivity index (χ2v) is 10.6. The number of rotatable bonds is 7. The summed E-state index contributed by atoms with van der Waals surface area (Å²) in [4.78, 5) is 42.4. The number of fused-ring (bicyclic) bond motifs is 1. The van der Waals surface area contributed by atoms with Gasteiger partial charge in [0.1, 0.15) is 28.3 Å². The minimum absolute atomic E-state index is 0.0835. The van der Waals surface area contributed by atoms with Crippen molar-refractivity contribution in [3.63, 3.8) is 0 Å². The van der Waals surface area contributed by atoms with E-state index < -0.39 is 22.5 Å². The average molecular weight is 614 g/mol. The number of nitrogens with zero attached hydrogens (tertiary/aromatic N) is 3. The standard InChI is InChI=1S/C28H21Cl2N3O7S/c1-4-39-27(35)24-14(2)31-28-32(25(24)16-7-5-6-8-21(16)38-3)26(34)23(41-28)11-15-9-10-22(40-15)17-12-19(30)20(33(36)37)13-18(17)29/h5-13,25H,4H2,1-3H3/b23-11+. The fourth-order valence-corrected chi connectivity index (χ4v) is 6.06. The summed E-state index contributed by atoms with van der Waals surface area (Å²) in [7, 11) is 1.52. The average Bonchev–Trinajstić information content (AvgIpc) is 3.53. The van der Waals surface area contributed by atoms with Crippen LogP contribution in [0.2, 0.25) is 10.0 Å². The largest absolute Gasteiger partial charge is 0.496 e. The van der Waals surface area contributed by atoms with Gasteiger partial charge in [-0.25, -0.2) is 9.79 Å². The van der Waals surface area contributed by atoms with Gasteiger partial charge in [-0.2, -0.15) is 0 Å². The van der Waals surface area contributed by atoms with Gasteiger partial charge in [-0.15, -0.1) is 0 Å². The Kier molecular flexibility index (Phi) is 7.85. The van der Waals surface area contributed by atoms with E-state index in [2.05, 4.69) is 4.99 Å². The first kappa shape index (κ1) is 28.3. The number of hydrogen-bond donors (Lipinski definition) is 0. The van der Waals surface area contributed by atoms with Crippen LogP contribution in [0.4, 0.5) is 5.69 Å². The summed E-state index contributed by atoms with van der Waals surface area (Å²) in [6.45, 7) is 3.56. The van der Waals surface area contributed by atoms with Crippen LogP contribution in [0.3, 0.4) is 0 Å². The molecule has 1 aliphatic heterocycles. The lowest BCUT2D eigenvalue weighted by Gasteiger charge is -2.25. The molecule has 0 radical (unpaired) electrons. The number of thiazole rings is 1. The SMILES string of the molecule is CCOC(=O)C1=C(C)N=c2s/c(=C/c3ccc(-c4cc(Cl)c([N+](=O)[O-])cc4Cl)o3)c(=O)n2C1c1ccccc1OC. The number of furan rings is 1. The molecule has 0 aliphatic carbocycles. The highest BCUT2D eigenvalue weighted by Crippen LogP contribution is 2.38. The predicted octanol–water partition coefficient (Wildman–Crippen LogP) is 5.28. The highest BCUT2D eigenvalue weighted by Gasteiger charge is 2.35. The molecular weight excluding hydrogens is 593 g/mol. The summed E-state index contributed by atoms with van der Waals surface area (Å²) in [5.74, 6) is 0.551. The van der Waals surface area contributed by atoms with E-state index in [1.807, 2.05) is 0 Å². The Morgan fingerprint density at radius 3 is 2.68 bits per heavy atom. The Labute approximate surface area is 246 Å². The molecule has 0 bridgehead atoms. The van der Waals surface area contributed by atoms with Crippen LogP contribution in [0.25, 0.3) is 17.4 Å². The fraction of sp³-hybridized carbons (Fsp3) is 0.179. The summed E-state index contributed by atoms with van der Waals surface area (Å²) in [5.41, 5.74) is 0.903. The van der Waals surface area contributed by atoms with Gasteiger partial charge in [0.2, 0.25) is 0 Å². The molecule has 210 valence electrons. The lowest BCUT2D eigenvalue weighted by atomic mass is 9.95. The van der Waals surface area contributed by atoms with Gasteiger partial charge >= 0.3 is 5.97 Å². The maximum atomic E-state index is 13.8. The molecular formula is C28H21Cl2N3O7S. The third kappa shape index (κ3) is 5.19. The topological polar surface area (TPSA) is 126 Å². The third-order valence-electron chi connectivity index (χ3n) is 6.35. The monoisotopic (exact) mass is 613 g/mol.